The molecule has 0 aromatic carbocycles. The lowest BCUT2D eigenvalue weighted by Crippen LogP contribution is -2.42. The highest BCUT2D eigenvalue weighted by atomic mass is 16.7. The average molecular weight is 410 g/mol. The van der Waals surface area contributed by atoms with E-state index in [0.717, 1.165) is 26.1 Å². The van der Waals surface area contributed by atoms with Gasteiger partial charge in [0.05, 0.1) is 22.4 Å². The summed E-state index contributed by atoms with van der Waals surface area (Å²) in [5.74, 6) is 0.924. The fourth-order valence-electron chi connectivity index (χ4n) is 3.64. The zero-order valence-electron chi connectivity index (χ0n) is 20.8. The Labute approximate surface area is 180 Å². The van der Waals surface area contributed by atoms with Crippen molar-refractivity contribution in [1.82, 2.24) is 0 Å². The summed E-state index contributed by atoms with van der Waals surface area (Å²) in [6.45, 7) is 24.9. The molecule has 0 aromatic rings. The van der Waals surface area contributed by atoms with E-state index in [2.05, 4.69) is 76.2 Å². The second kappa shape index (κ2) is 8.82. The molecule has 2 fully saturated rings. The third-order valence-electron chi connectivity index (χ3n) is 7.39. The van der Waals surface area contributed by atoms with Gasteiger partial charge in [0, 0.05) is 18.9 Å². The second-order valence-corrected chi connectivity index (χ2v) is 11.4. The summed E-state index contributed by atoms with van der Waals surface area (Å²) in [7, 11) is -0.749. The lowest BCUT2D eigenvalue weighted by molar-refractivity contribution is 0.00578. The van der Waals surface area contributed by atoms with Crippen molar-refractivity contribution >= 4 is 14.2 Å². The average Bonchev–Trinajstić information content (AvgIpc) is 2.85. The van der Waals surface area contributed by atoms with Gasteiger partial charge >= 0.3 is 14.2 Å². The molecule has 0 bridgehead atoms. The largest absolute Gasteiger partial charge is 0.459 e. The molecule has 0 aromatic heterocycles. The van der Waals surface area contributed by atoms with Crippen molar-refractivity contribution in [2.24, 2.45) is 11.8 Å². The summed E-state index contributed by atoms with van der Waals surface area (Å²) in [6, 6.07) is 0. The van der Waals surface area contributed by atoms with Crippen LogP contribution in [0.15, 0.2) is 0 Å². The highest BCUT2D eigenvalue weighted by molar-refractivity contribution is 6.68. The van der Waals surface area contributed by atoms with E-state index in [4.69, 9.17) is 23.4 Å². The monoisotopic (exact) mass is 410 g/mol. The van der Waals surface area contributed by atoms with Gasteiger partial charge in [-0.05, 0) is 80.1 Å². The summed E-state index contributed by atoms with van der Waals surface area (Å²) in [5.41, 5.74) is -1.56. The Balaban J connectivity index is 2.12. The summed E-state index contributed by atoms with van der Waals surface area (Å²) >= 11 is 0. The minimum absolute atomic E-state index is 0.0363. The van der Waals surface area contributed by atoms with Gasteiger partial charge in [0.2, 0.25) is 0 Å². The van der Waals surface area contributed by atoms with Gasteiger partial charge in [0.15, 0.2) is 0 Å². The summed E-state index contributed by atoms with van der Waals surface area (Å²) in [4.78, 5) is 0. The van der Waals surface area contributed by atoms with Crippen LogP contribution in [0.4, 0.5) is 0 Å². The lowest BCUT2D eigenvalue weighted by Gasteiger charge is -2.32. The number of rotatable bonds is 9. The first-order valence-electron chi connectivity index (χ1n) is 11.4. The van der Waals surface area contributed by atoms with Crippen LogP contribution in [-0.2, 0) is 23.4 Å². The fraction of sp³-hybridized carbons (Fsp3) is 1.00. The molecule has 0 saturated carbocycles. The van der Waals surface area contributed by atoms with Crippen LogP contribution in [0.2, 0.25) is 5.72 Å². The van der Waals surface area contributed by atoms with Crippen LogP contribution in [0.1, 0.15) is 89.0 Å². The maximum atomic E-state index is 6.43. The molecule has 2 heterocycles. The molecule has 5 nitrogen and oxygen atoms in total. The van der Waals surface area contributed by atoms with E-state index in [-0.39, 0.29) is 48.3 Å². The first-order valence-corrected chi connectivity index (χ1v) is 11.4. The van der Waals surface area contributed by atoms with Crippen LogP contribution in [-0.4, -0.2) is 49.9 Å². The normalized spacial score (nSPS) is 26.0. The Bertz CT molecular complexity index is 479. The minimum atomic E-state index is -0.382. The molecule has 29 heavy (non-hydrogen) atoms. The second-order valence-electron chi connectivity index (χ2n) is 11.4. The predicted octanol–water partition coefficient (Wildman–Crippen LogP) is 5.17. The van der Waals surface area contributed by atoms with Crippen molar-refractivity contribution in [3.63, 3.8) is 0 Å². The topological polar surface area (TPSA) is 46.2 Å². The molecule has 1 atom stereocenters. The Morgan fingerprint density at radius 3 is 1.31 bits per heavy atom. The van der Waals surface area contributed by atoms with Crippen molar-refractivity contribution in [3.05, 3.63) is 0 Å². The molecule has 2 rings (SSSR count). The summed E-state index contributed by atoms with van der Waals surface area (Å²) in [5, 5.41) is 0. The maximum Gasteiger partial charge on any atom is 0.459 e. The van der Waals surface area contributed by atoms with E-state index in [9.17, 15) is 0 Å². The van der Waals surface area contributed by atoms with Gasteiger partial charge in [0.1, 0.15) is 0 Å². The Hall–Kier alpha value is -0.0701. The summed E-state index contributed by atoms with van der Waals surface area (Å²) in [6.07, 6.45) is 2.00. The van der Waals surface area contributed by atoms with Crippen LogP contribution in [0.25, 0.3) is 0 Å². The quantitative estimate of drug-likeness (QED) is 0.388. The minimum Gasteiger partial charge on any atom is -0.403 e. The Kier molecular flexibility index (Phi) is 7.66. The van der Waals surface area contributed by atoms with Crippen molar-refractivity contribution in [2.75, 3.05) is 13.2 Å². The van der Waals surface area contributed by atoms with E-state index in [1.807, 2.05) is 0 Å². The van der Waals surface area contributed by atoms with Crippen LogP contribution in [0.5, 0.6) is 0 Å². The Morgan fingerprint density at radius 2 is 0.966 bits per heavy atom. The van der Waals surface area contributed by atoms with Gasteiger partial charge < -0.3 is 23.4 Å². The summed E-state index contributed by atoms with van der Waals surface area (Å²) < 4.78 is 31.6. The number of hydrogen-bond acceptors (Lipinski definition) is 5. The molecule has 0 radical (unpaired) electrons. The highest BCUT2D eigenvalue weighted by Crippen LogP contribution is 2.48. The smallest absolute Gasteiger partial charge is 0.403 e. The van der Waals surface area contributed by atoms with E-state index in [1.165, 1.54) is 0 Å². The standard InChI is InChI=1S/C22H44B2O5/c1-16(2)12-14-25-15-13-17(3)18(23-26-19(4,5)20(6,7)27-23)24-28-21(8,9)22(10,11)29-24/h16-18H,12-15H2,1-11H3. The van der Waals surface area contributed by atoms with Crippen molar-refractivity contribution in [3.8, 4) is 0 Å². The molecule has 168 valence electrons. The molecule has 0 N–H and O–H groups in total. The van der Waals surface area contributed by atoms with E-state index >= 15 is 0 Å². The first kappa shape index (κ1) is 25.2. The van der Waals surface area contributed by atoms with Gasteiger partial charge in [-0.25, -0.2) is 0 Å². The Morgan fingerprint density at radius 1 is 0.621 bits per heavy atom. The van der Waals surface area contributed by atoms with Gasteiger partial charge in [-0.15, -0.1) is 0 Å². The molecule has 2 saturated heterocycles. The van der Waals surface area contributed by atoms with Crippen molar-refractivity contribution < 1.29 is 23.4 Å². The molecule has 1 unspecified atom stereocenters. The zero-order valence-corrected chi connectivity index (χ0v) is 20.8. The molecule has 7 heteroatoms. The number of hydrogen-bond donors (Lipinski definition) is 0. The van der Waals surface area contributed by atoms with Crippen LogP contribution in [0.3, 0.4) is 0 Å². The van der Waals surface area contributed by atoms with Crippen LogP contribution in [0, 0.1) is 11.8 Å². The molecular weight excluding hydrogens is 366 g/mol. The molecule has 0 amide bonds. The van der Waals surface area contributed by atoms with Crippen molar-refractivity contribution in [2.45, 2.75) is 117 Å². The van der Waals surface area contributed by atoms with Crippen LogP contribution < -0.4 is 0 Å². The molecule has 0 aliphatic carbocycles. The van der Waals surface area contributed by atoms with Gasteiger partial charge in [-0.1, -0.05) is 20.8 Å². The van der Waals surface area contributed by atoms with Gasteiger partial charge in [0.25, 0.3) is 0 Å². The van der Waals surface area contributed by atoms with Gasteiger partial charge in [-0.2, -0.15) is 0 Å². The van der Waals surface area contributed by atoms with Crippen molar-refractivity contribution in [1.29, 1.82) is 0 Å². The highest BCUT2D eigenvalue weighted by Gasteiger charge is 2.62. The lowest BCUT2D eigenvalue weighted by atomic mass is 9.47. The molecule has 2 aliphatic rings. The molecule has 0 spiro atoms. The fourth-order valence-corrected chi connectivity index (χ4v) is 3.64. The number of ether oxygens (including phenoxy) is 1. The third-order valence-corrected chi connectivity index (χ3v) is 7.39. The third kappa shape index (κ3) is 5.60. The van der Waals surface area contributed by atoms with Gasteiger partial charge in [-0.3, -0.25) is 0 Å². The maximum absolute atomic E-state index is 6.43. The first-order chi connectivity index (χ1) is 13.1. The van der Waals surface area contributed by atoms with E-state index < -0.39 is 0 Å². The van der Waals surface area contributed by atoms with Crippen LogP contribution >= 0.6 is 0 Å². The predicted molar refractivity (Wildman–Crippen MR) is 120 cm³/mol. The van der Waals surface area contributed by atoms with E-state index in [1.54, 1.807) is 0 Å². The zero-order chi connectivity index (χ0) is 22.3. The van der Waals surface area contributed by atoms with E-state index in [0.29, 0.717) is 5.92 Å². The molecule has 2 aliphatic heterocycles. The SMILES string of the molecule is CC(C)CCOCCC(C)C(B1OC(C)(C)C(C)(C)O1)B1OC(C)(C)C(C)(C)O1. The molecular formula is C22H44B2O5.